The fourth-order valence-corrected chi connectivity index (χ4v) is 2.94. The first kappa shape index (κ1) is 18.2. The van der Waals surface area contributed by atoms with Crippen molar-refractivity contribution in [2.45, 2.75) is 4.90 Å². The Morgan fingerprint density at radius 2 is 1.88 bits per heavy atom. The second-order valence-corrected chi connectivity index (χ2v) is 6.85. The minimum atomic E-state index is -3.84. The highest BCUT2D eigenvalue weighted by atomic mass is 35.5. The van der Waals surface area contributed by atoms with Gasteiger partial charge in [-0.3, -0.25) is 4.79 Å². The standard InChI is InChI=1S/C15H14ClFN2O4S/c1-23-11-3-5-12(6-4-11)24(21,22)18-9-15(20)19-10-2-7-14(17)13(16)8-10/h2-8,18H,9H2,1H3,(H,19,20). The van der Waals surface area contributed by atoms with Gasteiger partial charge in [0.1, 0.15) is 11.6 Å². The van der Waals surface area contributed by atoms with E-state index in [2.05, 4.69) is 10.0 Å². The molecule has 0 bridgehead atoms. The van der Waals surface area contributed by atoms with Crippen molar-refractivity contribution in [2.75, 3.05) is 19.0 Å². The van der Waals surface area contributed by atoms with Gasteiger partial charge in [0.25, 0.3) is 0 Å². The van der Waals surface area contributed by atoms with E-state index in [1.807, 2.05) is 0 Å². The number of anilines is 1. The van der Waals surface area contributed by atoms with Gasteiger partial charge in [-0.1, -0.05) is 11.6 Å². The van der Waals surface area contributed by atoms with Crippen LogP contribution in [0.4, 0.5) is 10.1 Å². The number of methoxy groups -OCH3 is 1. The molecule has 0 aliphatic carbocycles. The number of ether oxygens (including phenoxy) is 1. The fraction of sp³-hybridized carbons (Fsp3) is 0.133. The Morgan fingerprint density at radius 3 is 2.46 bits per heavy atom. The van der Waals surface area contributed by atoms with Crippen LogP contribution >= 0.6 is 11.6 Å². The van der Waals surface area contributed by atoms with Crippen LogP contribution in [0, 0.1) is 5.82 Å². The summed E-state index contributed by atoms with van der Waals surface area (Å²) in [6, 6.07) is 9.35. The van der Waals surface area contributed by atoms with Crippen LogP contribution in [0.5, 0.6) is 5.75 Å². The highest BCUT2D eigenvalue weighted by Gasteiger charge is 2.15. The number of sulfonamides is 1. The maximum absolute atomic E-state index is 13.0. The lowest BCUT2D eigenvalue weighted by atomic mass is 10.3. The molecule has 0 saturated heterocycles. The van der Waals surface area contributed by atoms with Gasteiger partial charge in [0.2, 0.25) is 15.9 Å². The minimum Gasteiger partial charge on any atom is -0.497 e. The molecule has 6 nitrogen and oxygen atoms in total. The van der Waals surface area contributed by atoms with Gasteiger partial charge in [0, 0.05) is 5.69 Å². The summed E-state index contributed by atoms with van der Waals surface area (Å²) in [5.41, 5.74) is 0.259. The van der Waals surface area contributed by atoms with Gasteiger partial charge in [-0.2, -0.15) is 0 Å². The smallest absolute Gasteiger partial charge is 0.241 e. The Balaban J connectivity index is 1.97. The van der Waals surface area contributed by atoms with Gasteiger partial charge in [-0.05, 0) is 42.5 Å². The number of amides is 1. The number of benzene rings is 2. The topological polar surface area (TPSA) is 84.5 Å². The number of nitrogens with one attached hydrogen (secondary N) is 2. The average Bonchev–Trinajstić information content (AvgIpc) is 2.56. The summed E-state index contributed by atoms with van der Waals surface area (Å²) in [5, 5.41) is 2.27. The number of hydrogen-bond acceptors (Lipinski definition) is 4. The molecule has 24 heavy (non-hydrogen) atoms. The monoisotopic (exact) mass is 372 g/mol. The quantitative estimate of drug-likeness (QED) is 0.815. The van der Waals surface area contributed by atoms with Gasteiger partial charge in [0.15, 0.2) is 0 Å². The summed E-state index contributed by atoms with van der Waals surface area (Å²) in [6.07, 6.45) is 0. The number of halogens is 2. The summed E-state index contributed by atoms with van der Waals surface area (Å²) >= 11 is 5.60. The molecule has 2 rings (SSSR count). The highest BCUT2D eigenvalue weighted by Crippen LogP contribution is 2.19. The lowest BCUT2D eigenvalue weighted by Gasteiger charge is -2.09. The van der Waals surface area contributed by atoms with E-state index in [9.17, 15) is 17.6 Å². The SMILES string of the molecule is COc1ccc(S(=O)(=O)NCC(=O)Nc2ccc(F)c(Cl)c2)cc1. The predicted octanol–water partition coefficient (Wildman–Crippen LogP) is 2.40. The maximum Gasteiger partial charge on any atom is 0.241 e. The largest absolute Gasteiger partial charge is 0.497 e. The van der Waals surface area contributed by atoms with Crippen molar-refractivity contribution in [3.8, 4) is 5.75 Å². The molecule has 0 aliphatic rings. The van der Waals surface area contributed by atoms with Crippen LogP contribution in [0.3, 0.4) is 0 Å². The molecular formula is C15H14ClFN2O4S. The van der Waals surface area contributed by atoms with Crippen molar-refractivity contribution in [1.82, 2.24) is 4.72 Å². The first-order valence-corrected chi connectivity index (χ1v) is 8.56. The zero-order valence-corrected chi connectivity index (χ0v) is 14.1. The molecule has 2 aromatic rings. The van der Waals surface area contributed by atoms with Crippen molar-refractivity contribution < 1.29 is 22.3 Å². The Hall–Kier alpha value is -2.16. The molecule has 0 atom stereocenters. The molecule has 1 amide bonds. The summed E-state index contributed by atoms with van der Waals surface area (Å²) in [5.74, 6) is -0.718. The Labute approximate surface area is 143 Å². The van der Waals surface area contributed by atoms with E-state index in [4.69, 9.17) is 16.3 Å². The Bertz CT molecular complexity index is 841. The van der Waals surface area contributed by atoms with Crippen LogP contribution in [0.15, 0.2) is 47.4 Å². The third kappa shape index (κ3) is 4.67. The van der Waals surface area contributed by atoms with Crippen molar-refractivity contribution in [2.24, 2.45) is 0 Å². The summed E-state index contributed by atoms with van der Waals surface area (Å²) < 4.78 is 44.3. The third-order valence-corrected chi connectivity index (χ3v) is 4.70. The molecule has 0 fully saturated rings. The lowest BCUT2D eigenvalue weighted by molar-refractivity contribution is -0.115. The molecule has 2 N–H and O–H groups in total. The van der Waals surface area contributed by atoms with Crippen LogP contribution in [0.2, 0.25) is 5.02 Å². The molecule has 0 heterocycles. The van der Waals surface area contributed by atoms with Gasteiger partial charge >= 0.3 is 0 Å². The van der Waals surface area contributed by atoms with Gasteiger partial charge < -0.3 is 10.1 Å². The summed E-state index contributed by atoms with van der Waals surface area (Å²) in [6.45, 7) is -0.483. The zero-order valence-electron chi connectivity index (χ0n) is 12.5. The van der Waals surface area contributed by atoms with Crippen molar-refractivity contribution in [3.05, 3.63) is 53.3 Å². The second kappa shape index (κ2) is 7.61. The van der Waals surface area contributed by atoms with Crippen molar-refractivity contribution in [1.29, 1.82) is 0 Å². The van der Waals surface area contributed by atoms with Crippen LogP contribution in [-0.2, 0) is 14.8 Å². The Kier molecular flexibility index (Phi) is 5.76. The number of hydrogen-bond donors (Lipinski definition) is 2. The maximum atomic E-state index is 13.0. The van der Waals surface area contributed by atoms with E-state index in [-0.39, 0.29) is 15.6 Å². The van der Waals surface area contributed by atoms with E-state index >= 15 is 0 Å². The molecule has 0 radical (unpaired) electrons. The molecule has 0 unspecified atom stereocenters. The number of rotatable bonds is 6. The molecular weight excluding hydrogens is 359 g/mol. The van der Waals surface area contributed by atoms with Crippen LogP contribution in [-0.4, -0.2) is 28.0 Å². The first-order valence-electron chi connectivity index (χ1n) is 6.70. The molecule has 0 spiro atoms. The molecule has 0 aromatic heterocycles. The number of carbonyl (C=O) groups excluding carboxylic acids is 1. The third-order valence-electron chi connectivity index (χ3n) is 3.00. The normalized spacial score (nSPS) is 11.1. The summed E-state index contributed by atoms with van der Waals surface area (Å²) in [4.78, 5) is 11.8. The van der Waals surface area contributed by atoms with E-state index in [1.165, 1.54) is 43.5 Å². The zero-order chi connectivity index (χ0) is 17.7. The number of carbonyl (C=O) groups is 1. The predicted molar refractivity (Wildman–Crippen MR) is 88.2 cm³/mol. The van der Waals surface area contributed by atoms with Crippen LogP contribution in [0.1, 0.15) is 0 Å². The van der Waals surface area contributed by atoms with E-state index in [0.29, 0.717) is 5.75 Å². The average molecular weight is 373 g/mol. The molecule has 9 heteroatoms. The molecule has 128 valence electrons. The minimum absolute atomic E-state index is 0.000858. The summed E-state index contributed by atoms with van der Waals surface area (Å²) in [7, 11) is -2.37. The Morgan fingerprint density at radius 1 is 1.21 bits per heavy atom. The highest BCUT2D eigenvalue weighted by molar-refractivity contribution is 7.89. The van der Waals surface area contributed by atoms with E-state index in [1.54, 1.807) is 0 Å². The molecule has 2 aromatic carbocycles. The van der Waals surface area contributed by atoms with Crippen molar-refractivity contribution in [3.63, 3.8) is 0 Å². The first-order chi connectivity index (χ1) is 11.3. The van der Waals surface area contributed by atoms with Crippen molar-refractivity contribution >= 4 is 33.2 Å². The second-order valence-electron chi connectivity index (χ2n) is 4.68. The van der Waals surface area contributed by atoms with Gasteiger partial charge in [-0.25, -0.2) is 17.5 Å². The van der Waals surface area contributed by atoms with E-state index in [0.717, 1.165) is 6.07 Å². The van der Waals surface area contributed by atoms with E-state index < -0.39 is 28.3 Å². The van der Waals surface area contributed by atoms with Crippen LogP contribution in [0.25, 0.3) is 0 Å². The van der Waals surface area contributed by atoms with Crippen LogP contribution < -0.4 is 14.8 Å². The lowest BCUT2D eigenvalue weighted by Crippen LogP contribution is -2.32. The van der Waals surface area contributed by atoms with Gasteiger partial charge in [0.05, 0.1) is 23.6 Å². The molecule has 0 saturated carbocycles. The molecule has 0 aliphatic heterocycles. The fourth-order valence-electron chi connectivity index (χ4n) is 1.78. The van der Waals surface area contributed by atoms with Gasteiger partial charge in [-0.15, -0.1) is 0 Å².